The highest BCUT2D eigenvalue weighted by atomic mass is 35.5. The summed E-state index contributed by atoms with van der Waals surface area (Å²) in [6.07, 6.45) is 3.44. The lowest BCUT2D eigenvalue weighted by Gasteiger charge is -2.49. The Morgan fingerprint density at radius 3 is 2.66 bits per heavy atom. The molecule has 2 atom stereocenters. The molecule has 0 bridgehead atoms. The zero-order valence-corrected chi connectivity index (χ0v) is 17.5. The van der Waals surface area contributed by atoms with Crippen LogP contribution in [0.5, 0.6) is 11.5 Å². The normalized spacial score (nSPS) is 22.3. The van der Waals surface area contributed by atoms with Gasteiger partial charge in [-0.3, -0.25) is 9.69 Å². The Balaban J connectivity index is 1.53. The molecular weight excluding hydrogens is 388 g/mol. The molecular formula is C23H27ClN2O3. The second-order valence-electron chi connectivity index (χ2n) is 7.74. The lowest BCUT2D eigenvalue weighted by molar-refractivity contribution is -0.147. The molecule has 1 amide bonds. The molecule has 154 valence electrons. The number of benzene rings is 2. The van der Waals surface area contributed by atoms with Crippen molar-refractivity contribution in [3.05, 3.63) is 59.1 Å². The molecule has 2 aromatic carbocycles. The van der Waals surface area contributed by atoms with Gasteiger partial charge in [-0.1, -0.05) is 30.2 Å². The van der Waals surface area contributed by atoms with E-state index >= 15 is 0 Å². The third kappa shape index (κ3) is 4.68. The first-order chi connectivity index (χ1) is 14.1. The van der Waals surface area contributed by atoms with Gasteiger partial charge in [-0.2, -0.15) is 0 Å². The van der Waals surface area contributed by atoms with Gasteiger partial charge in [-0.05, 0) is 61.3 Å². The SMILES string of the molecule is COc1ccc(OCC2C3CCCCN3CC(=O)N2Cc2cccc(Cl)c2)cc1. The Morgan fingerprint density at radius 2 is 1.90 bits per heavy atom. The number of amides is 1. The van der Waals surface area contributed by atoms with E-state index in [0.29, 0.717) is 30.8 Å². The molecule has 0 spiro atoms. The molecule has 2 saturated heterocycles. The van der Waals surface area contributed by atoms with Crippen LogP contribution in [0.3, 0.4) is 0 Å². The number of rotatable bonds is 6. The number of hydrogen-bond acceptors (Lipinski definition) is 4. The Kier molecular flexibility index (Phi) is 6.26. The monoisotopic (exact) mass is 414 g/mol. The minimum absolute atomic E-state index is 0.0117. The number of carbonyl (C=O) groups excluding carboxylic acids is 1. The third-order valence-corrected chi connectivity index (χ3v) is 6.12. The van der Waals surface area contributed by atoms with Crippen molar-refractivity contribution in [1.29, 1.82) is 0 Å². The molecule has 0 N–H and O–H groups in total. The van der Waals surface area contributed by atoms with Crippen LogP contribution < -0.4 is 9.47 Å². The fourth-order valence-electron chi connectivity index (χ4n) is 4.40. The summed E-state index contributed by atoms with van der Waals surface area (Å²) < 4.78 is 11.3. The Bertz CT molecular complexity index is 842. The van der Waals surface area contributed by atoms with E-state index in [-0.39, 0.29) is 11.9 Å². The van der Waals surface area contributed by atoms with Crippen LogP contribution in [0.15, 0.2) is 48.5 Å². The molecule has 0 aliphatic carbocycles. The average Bonchev–Trinajstić information content (AvgIpc) is 2.74. The first kappa shape index (κ1) is 20.0. The molecule has 2 aliphatic rings. The van der Waals surface area contributed by atoms with Crippen molar-refractivity contribution in [3.63, 3.8) is 0 Å². The Labute approximate surface area is 177 Å². The maximum absolute atomic E-state index is 13.0. The molecule has 0 aromatic heterocycles. The summed E-state index contributed by atoms with van der Waals surface area (Å²) in [6, 6.07) is 15.7. The average molecular weight is 415 g/mol. The fraction of sp³-hybridized carbons (Fsp3) is 0.435. The predicted molar refractivity (Wildman–Crippen MR) is 113 cm³/mol. The summed E-state index contributed by atoms with van der Waals surface area (Å²) in [7, 11) is 1.65. The zero-order valence-electron chi connectivity index (χ0n) is 16.7. The lowest BCUT2D eigenvalue weighted by Crippen LogP contribution is -2.64. The molecule has 0 saturated carbocycles. The van der Waals surface area contributed by atoms with Crippen molar-refractivity contribution in [2.45, 2.75) is 37.9 Å². The quantitative estimate of drug-likeness (QED) is 0.716. The van der Waals surface area contributed by atoms with Gasteiger partial charge in [0, 0.05) is 17.6 Å². The molecule has 2 heterocycles. The number of piperazine rings is 1. The molecule has 4 rings (SSSR count). The highest BCUT2D eigenvalue weighted by molar-refractivity contribution is 6.30. The van der Waals surface area contributed by atoms with Crippen LogP contribution in [0.25, 0.3) is 0 Å². The van der Waals surface area contributed by atoms with Crippen LogP contribution in [0.1, 0.15) is 24.8 Å². The fourth-order valence-corrected chi connectivity index (χ4v) is 4.61. The number of halogens is 1. The molecule has 6 heteroatoms. The highest BCUT2D eigenvalue weighted by Gasteiger charge is 2.41. The second-order valence-corrected chi connectivity index (χ2v) is 8.18. The Hall–Kier alpha value is -2.24. The standard InChI is InChI=1S/C23H27ClN2O3/c1-28-19-8-10-20(11-9-19)29-16-22-21-7-2-3-12-25(21)15-23(27)26(22)14-17-5-4-6-18(24)13-17/h4-6,8-11,13,21-22H,2-3,7,12,14-16H2,1H3. The van der Waals surface area contributed by atoms with Crippen molar-refractivity contribution < 1.29 is 14.3 Å². The molecule has 2 fully saturated rings. The lowest BCUT2D eigenvalue weighted by atomic mass is 9.91. The largest absolute Gasteiger partial charge is 0.497 e. The highest BCUT2D eigenvalue weighted by Crippen LogP contribution is 2.29. The van der Waals surface area contributed by atoms with Crippen molar-refractivity contribution in [2.75, 3.05) is 26.8 Å². The van der Waals surface area contributed by atoms with Gasteiger partial charge in [-0.15, -0.1) is 0 Å². The zero-order chi connectivity index (χ0) is 20.2. The third-order valence-electron chi connectivity index (χ3n) is 5.89. The van der Waals surface area contributed by atoms with Crippen LogP contribution in [-0.4, -0.2) is 54.6 Å². The topological polar surface area (TPSA) is 42.0 Å². The van der Waals surface area contributed by atoms with E-state index in [0.717, 1.165) is 36.4 Å². The van der Waals surface area contributed by atoms with Crippen LogP contribution in [0.2, 0.25) is 5.02 Å². The van der Waals surface area contributed by atoms with Gasteiger partial charge >= 0.3 is 0 Å². The number of hydrogen-bond donors (Lipinski definition) is 0. The van der Waals surface area contributed by atoms with Gasteiger partial charge in [-0.25, -0.2) is 0 Å². The first-order valence-corrected chi connectivity index (χ1v) is 10.6. The molecule has 0 radical (unpaired) electrons. The van der Waals surface area contributed by atoms with E-state index in [1.54, 1.807) is 7.11 Å². The summed E-state index contributed by atoms with van der Waals surface area (Å²) in [4.78, 5) is 17.3. The van der Waals surface area contributed by atoms with Crippen molar-refractivity contribution >= 4 is 17.5 Å². The van der Waals surface area contributed by atoms with Crippen LogP contribution in [-0.2, 0) is 11.3 Å². The van der Waals surface area contributed by atoms with Gasteiger partial charge in [0.1, 0.15) is 18.1 Å². The minimum Gasteiger partial charge on any atom is -0.497 e. The molecule has 5 nitrogen and oxygen atoms in total. The van der Waals surface area contributed by atoms with Gasteiger partial charge in [0.25, 0.3) is 0 Å². The predicted octanol–water partition coefficient (Wildman–Crippen LogP) is 3.99. The molecule has 29 heavy (non-hydrogen) atoms. The van der Waals surface area contributed by atoms with Crippen LogP contribution in [0.4, 0.5) is 0 Å². The van der Waals surface area contributed by atoms with Crippen LogP contribution in [0, 0.1) is 0 Å². The first-order valence-electron chi connectivity index (χ1n) is 10.2. The van der Waals surface area contributed by atoms with E-state index in [1.165, 1.54) is 6.42 Å². The summed E-state index contributed by atoms with van der Waals surface area (Å²) in [5, 5.41) is 0.692. The Morgan fingerprint density at radius 1 is 1.10 bits per heavy atom. The van der Waals surface area contributed by atoms with Gasteiger partial charge in [0.2, 0.25) is 5.91 Å². The van der Waals surface area contributed by atoms with Gasteiger partial charge in [0.15, 0.2) is 0 Å². The number of ether oxygens (including phenoxy) is 2. The van der Waals surface area contributed by atoms with E-state index in [4.69, 9.17) is 21.1 Å². The van der Waals surface area contributed by atoms with Gasteiger partial charge in [0.05, 0.1) is 19.7 Å². The molecule has 2 aliphatic heterocycles. The van der Waals surface area contributed by atoms with Crippen LogP contribution >= 0.6 is 11.6 Å². The summed E-state index contributed by atoms with van der Waals surface area (Å²) in [5.41, 5.74) is 1.05. The van der Waals surface area contributed by atoms with E-state index in [9.17, 15) is 4.79 Å². The van der Waals surface area contributed by atoms with Gasteiger partial charge < -0.3 is 14.4 Å². The summed E-state index contributed by atoms with van der Waals surface area (Å²) in [6.45, 7) is 2.50. The number of piperidine rings is 1. The molecule has 2 unspecified atom stereocenters. The van der Waals surface area contributed by atoms with Crippen molar-refractivity contribution in [3.8, 4) is 11.5 Å². The van der Waals surface area contributed by atoms with E-state index in [1.807, 2.05) is 53.4 Å². The number of nitrogens with zero attached hydrogens (tertiary/aromatic N) is 2. The van der Waals surface area contributed by atoms with E-state index < -0.39 is 0 Å². The maximum Gasteiger partial charge on any atom is 0.237 e. The molecule has 2 aromatic rings. The summed E-state index contributed by atoms with van der Waals surface area (Å²) >= 11 is 6.17. The van der Waals surface area contributed by atoms with Crippen molar-refractivity contribution in [2.24, 2.45) is 0 Å². The van der Waals surface area contributed by atoms with Crippen molar-refractivity contribution in [1.82, 2.24) is 9.80 Å². The van der Waals surface area contributed by atoms with E-state index in [2.05, 4.69) is 4.90 Å². The minimum atomic E-state index is 0.0117. The number of fused-ring (bicyclic) bond motifs is 1. The summed E-state index contributed by atoms with van der Waals surface area (Å²) in [5.74, 6) is 1.74. The number of carbonyl (C=O) groups is 1. The second kappa shape index (κ2) is 9.06. The smallest absolute Gasteiger partial charge is 0.237 e. The maximum atomic E-state index is 13.0. The number of methoxy groups -OCH3 is 1.